The van der Waals surface area contributed by atoms with Crippen LogP contribution in [0.1, 0.15) is 47.7 Å². The fourth-order valence-corrected chi connectivity index (χ4v) is 4.75. The second-order valence-corrected chi connectivity index (χ2v) is 9.88. The number of nitrogens with one attached hydrogen (secondary N) is 1. The molecule has 0 saturated carbocycles. The standard InChI is InChI=1S/C30H34ClN3O3/c1-4-21(2)23-9-12-25(13-10-23)37-20-29(35)32-24-11-14-28(27(31)19-24)33-15-17-34(18-16-33)30(36)26-8-6-5-7-22(26)3/h5-14,19,21H,4,15-18,20H2,1-3H3,(H,32,35). The van der Waals surface area contributed by atoms with Gasteiger partial charge in [-0.1, -0.05) is 55.8 Å². The van der Waals surface area contributed by atoms with Crippen LogP contribution in [0.15, 0.2) is 66.7 Å². The van der Waals surface area contributed by atoms with Crippen LogP contribution in [0.3, 0.4) is 0 Å². The van der Waals surface area contributed by atoms with Gasteiger partial charge >= 0.3 is 0 Å². The molecule has 0 spiro atoms. The molecule has 1 saturated heterocycles. The Balaban J connectivity index is 1.28. The molecule has 1 fully saturated rings. The number of carbonyl (C=O) groups is 2. The number of ether oxygens (including phenoxy) is 1. The van der Waals surface area contributed by atoms with E-state index in [-0.39, 0.29) is 18.4 Å². The van der Waals surface area contributed by atoms with Crippen LogP contribution in [0, 0.1) is 6.92 Å². The highest BCUT2D eigenvalue weighted by Crippen LogP contribution is 2.30. The van der Waals surface area contributed by atoms with Crippen LogP contribution in [-0.2, 0) is 4.79 Å². The average molecular weight is 520 g/mol. The van der Waals surface area contributed by atoms with Crippen LogP contribution in [0.5, 0.6) is 5.75 Å². The Morgan fingerprint density at radius 1 is 1.00 bits per heavy atom. The number of hydrogen-bond acceptors (Lipinski definition) is 4. The minimum absolute atomic E-state index is 0.0654. The Morgan fingerprint density at radius 3 is 2.35 bits per heavy atom. The molecule has 0 bridgehead atoms. The number of amides is 2. The molecule has 3 aromatic rings. The third kappa shape index (κ3) is 6.63. The summed E-state index contributed by atoms with van der Waals surface area (Å²) < 4.78 is 5.64. The summed E-state index contributed by atoms with van der Waals surface area (Å²) in [7, 11) is 0. The van der Waals surface area contributed by atoms with Crippen molar-refractivity contribution in [3.8, 4) is 5.75 Å². The van der Waals surface area contributed by atoms with Crippen molar-refractivity contribution in [1.29, 1.82) is 0 Å². The number of piperazine rings is 1. The molecule has 3 aromatic carbocycles. The molecule has 1 aliphatic rings. The summed E-state index contributed by atoms with van der Waals surface area (Å²) in [6.45, 7) is 8.84. The van der Waals surface area contributed by atoms with Gasteiger partial charge in [-0.2, -0.15) is 0 Å². The maximum Gasteiger partial charge on any atom is 0.262 e. The van der Waals surface area contributed by atoms with Crippen molar-refractivity contribution >= 4 is 34.8 Å². The number of nitrogens with zero attached hydrogens (tertiary/aromatic N) is 2. The third-order valence-electron chi connectivity index (χ3n) is 6.95. The summed E-state index contributed by atoms with van der Waals surface area (Å²) in [6.07, 6.45) is 1.08. The lowest BCUT2D eigenvalue weighted by Gasteiger charge is -2.36. The highest BCUT2D eigenvalue weighted by molar-refractivity contribution is 6.33. The number of benzene rings is 3. The zero-order valence-electron chi connectivity index (χ0n) is 21.7. The largest absolute Gasteiger partial charge is 0.484 e. The van der Waals surface area contributed by atoms with Gasteiger partial charge in [0, 0.05) is 37.4 Å². The van der Waals surface area contributed by atoms with Gasteiger partial charge in [-0.15, -0.1) is 0 Å². The molecule has 0 aliphatic carbocycles. The van der Waals surface area contributed by atoms with E-state index in [1.54, 1.807) is 6.07 Å². The number of halogens is 1. The molecule has 0 radical (unpaired) electrons. The van der Waals surface area contributed by atoms with E-state index >= 15 is 0 Å². The minimum Gasteiger partial charge on any atom is -0.484 e. The zero-order chi connectivity index (χ0) is 26.4. The van der Waals surface area contributed by atoms with E-state index in [4.69, 9.17) is 16.3 Å². The normalized spacial score (nSPS) is 14.3. The van der Waals surface area contributed by atoms with Crippen molar-refractivity contribution in [3.05, 3.63) is 88.4 Å². The van der Waals surface area contributed by atoms with Gasteiger partial charge in [0.05, 0.1) is 10.7 Å². The molecule has 1 N–H and O–H groups in total. The van der Waals surface area contributed by atoms with Crippen LogP contribution >= 0.6 is 11.6 Å². The number of anilines is 2. The van der Waals surface area contributed by atoms with Gasteiger partial charge in [-0.3, -0.25) is 9.59 Å². The molecule has 4 rings (SSSR count). The van der Waals surface area contributed by atoms with Gasteiger partial charge < -0.3 is 19.9 Å². The zero-order valence-corrected chi connectivity index (χ0v) is 22.4. The number of carbonyl (C=O) groups excluding carboxylic acids is 2. The molecular weight excluding hydrogens is 486 g/mol. The molecule has 194 valence electrons. The second kappa shape index (κ2) is 12.2. The van der Waals surface area contributed by atoms with Gasteiger partial charge in [0.15, 0.2) is 6.61 Å². The number of aryl methyl sites for hydroxylation is 1. The molecule has 1 aliphatic heterocycles. The van der Waals surface area contributed by atoms with Crippen LogP contribution in [0.25, 0.3) is 0 Å². The van der Waals surface area contributed by atoms with E-state index in [1.165, 1.54) is 5.56 Å². The van der Waals surface area contributed by atoms with Gasteiger partial charge in [-0.05, 0) is 66.8 Å². The first-order chi connectivity index (χ1) is 17.9. The van der Waals surface area contributed by atoms with E-state index < -0.39 is 0 Å². The summed E-state index contributed by atoms with van der Waals surface area (Å²) >= 11 is 6.58. The minimum atomic E-state index is -0.252. The van der Waals surface area contributed by atoms with E-state index in [0.717, 1.165) is 23.2 Å². The monoisotopic (exact) mass is 519 g/mol. The summed E-state index contributed by atoms with van der Waals surface area (Å²) in [4.78, 5) is 29.4. The fourth-order valence-electron chi connectivity index (χ4n) is 4.45. The topological polar surface area (TPSA) is 61.9 Å². The SMILES string of the molecule is CCC(C)c1ccc(OCC(=O)Nc2ccc(N3CCN(C(=O)c4ccccc4C)CC3)c(Cl)c2)cc1. The van der Waals surface area contributed by atoms with E-state index in [9.17, 15) is 9.59 Å². The molecular formula is C30H34ClN3O3. The van der Waals surface area contributed by atoms with Crippen molar-refractivity contribution in [2.24, 2.45) is 0 Å². The molecule has 7 heteroatoms. The van der Waals surface area contributed by atoms with Crippen molar-refractivity contribution in [3.63, 3.8) is 0 Å². The maximum absolute atomic E-state index is 12.9. The first kappa shape index (κ1) is 26.6. The first-order valence-corrected chi connectivity index (χ1v) is 13.2. The average Bonchev–Trinajstić information content (AvgIpc) is 2.92. The Labute approximate surface area is 224 Å². The van der Waals surface area contributed by atoms with E-state index in [2.05, 4.69) is 24.1 Å². The second-order valence-electron chi connectivity index (χ2n) is 9.48. The number of rotatable bonds is 8. The highest BCUT2D eigenvalue weighted by Gasteiger charge is 2.24. The van der Waals surface area contributed by atoms with Crippen LogP contribution in [-0.4, -0.2) is 49.5 Å². The Morgan fingerprint density at radius 2 is 1.70 bits per heavy atom. The lowest BCUT2D eigenvalue weighted by atomic mass is 9.99. The molecule has 1 atom stereocenters. The van der Waals surface area contributed by atoms with Gasteiger partial charge in [-0.25, -0.2) is 0 Å². The summed E-state index contributed by atoms with van der Waals surface area (Å²) in [6, 6.07) is 21.0. The fraction of sp³-hybridized carbons (Fsp3) is 0.333. The first-order valence-electron chi connectivity index (χ1n) is 12.8. The lowest BCUT2D eigenvalue weighted by molar-refractivity contribution is -0.118. The molecule has 1 unspecified atom stereocenters. The van der Waals surface area contributed by atoms with Crippen molar-refractivity contribution in [2.75, 3.05) is 43.0 Å². The van der Waals surface area contributed by atoms with Crippen LogP contribution < -0.4 is 15.0 Å². The molecule has 1 heterocycles. The van der Waals surface area contributed by atoms with Crippen molar-refractivity contribution < 1.29 is 14.3 Å². The van der Waals surface area contributed by atoms with E-state index in [1.807, 2.05) is 72.5 Å². The van der Waals surface area contributed by atoms with Crippen LogP contribution in [0.4, 0.5) is 11.4 Å². The molecule has 6 nitrogen and oxygen atoms in total. The molecule has 2 amide bonds. The van der Waals surface area contributed by atoms with Crippen molar-refractivity contribution in [2.45, 2.75) is 33.1 Å². The number of hydrogen-bond donors (Lipinski definition) is 1. The smallest absolute Gasteiger partial charge is 0.262 e. The van der Waals surface area contributed by atoms with Gasteiger partial charge in [0.2, 0.25) is 0 Å². The Kier molecular flexibility index (Phi) is 8.72. The summed E-state index contributed by atoms with van der Waals surface area (Å²) in [5.74, 6) is 0.972. The van der Waals surface area contributed by atoms with E-state index in [0.29, 0.717) is 48.6 Å². The summed E-state index contributed by atoms with van der Waals surface area (Å²) in [5.41, 5.74) is 4.50. The predicted octanol–water partition coefficient (Wildman–Crippen LogP) is 6.14. The van der Waals surface area contributed by atoms with Crippen LogP contribution in [0.2, 0.25) is 5.02 Å². The quantitative estimate of drug-likeness (QED) is 0.388. The summed E-state index contributed by atoms with van der Waals surface area (Å²) in [5, 5.41) is 3.40. The predicted molar refractivity (Wildman–Crippen MR) is 150 cm³/mol. The van der Waals surface area contributed by atoms with Gasteiger partial charge in [0.25, 0.3) is 11.8 Å². The molecule has 37 heavy (non-hydrogen) atoms. The highest BCUT2D eigenvalue weighted by atomic mass is 35.5. The lowest BCUT2D eigenvalue weighted by Crippen LogP contribution is -2.49. The van der Waals surface area contributed by atoms with Crippen molar-refractivity contribution in [1.82, 2.24) is 4.90 Å². The third-order valence-corrected chi connectivity index (χ3v) is 7.25. The Hall–Kier alpha value is -3.51. The van der Waals surface area contributed by atoms with Gasteiger partial charge in [0.1, 0.15) is 5.75 Å². The Bertz CT molecular complexity index is 1240. The molecule has 0 aromatic heterocycles. The maximum atomic E-state index is 12.9.